The van der Waals surface area contributed by atoms with E-state index >= 15 is 8.78 Å². The number of nitrogens with zero attached hydrogens (tertiary/aromatic N) is 2. The van der Waals surface area contributed by atoms with Crippen LogP contribution in [0.25, 0.3) is 11.1 Å². The average molecular weight is 718 g/mol. The number of hydrogen-bond acceptors (Lipinski definition) is 5. The van der Waals surface area contributed by atoms with E-state index in [9.17, 15) is 41.4 Å². The number of hydrogen-bond donors (Lipinski definition) is 2. The predicted octanol–water partition coefficient (Wildman–Crippen LogP) is 6.79. The minimum atomic E-state index is -5.00. The molecule has 3 heterocycles. The number of carbonyl (C=O) groups is 2. The Morgan fingerprint density at radius 1 is 0.980 bits per heavy atom. The number of carbonyl (C=O) groups excluding carboxylic acids is 1. The summed E-state index contributed by atoms with van der Waals surface area (Å²) in [5.74, 6) is -5.51. The van der Waals surface area contributed by atoms with Crippen molar-refractivity contribution in [1.29, 1.82) is 0 Å². The molecule has 2 aliphatic rings. The Hall–Kier alpha value is -5.18. The van der Waals surface area contributed by atoms with Crippen LogP contribution in [0.3, 0.4) is 0 Å². The van der Waals surface area contributed by atoms with Crippen molar-refractivity contribution in [1.82, 2.24) is 14.8 Å². The van der Waals surface area contributed by atoms with Gasteiger partial charge in [0.2, 0.25) is 5.91 Å². The van der Waals surface area contributed by atoms with Crippen LogP contribution in [0.4, 0.5) is 30.7 Å². The lowest BCUT2D eigenvalue weighted by Gasteiger charge is -2.34. The van der Waals surface area contributed by atoms with Crippen LogP contribution in [0, 0.1) is 31.3 Å². The van der Waals surface area contributed by atoms with Crippen molar-refractivity contribution in [2.45, 2.75) is 51.1 Å². The highest BCUT2D eigenvalue weighted by molar-refractivity contribution is 5.85. The molecular weight excluding hydrogens is 687 g/mol. The van der Waals surface area contributed by atoms with Gasteiger partial charge in [0.1, 0.15) is 41.2 Å². The highest BCUT2D eigenvalue weighted by atomic mass is 19.4. The third-order valence-electron chi connectivity index (χ3n) is 9.10. The summed E-state index contributed by atoms with van der Waals surface area (Å²) >= 11 is 0. The number of alkyl halides is 4. The van der Waals surface area contributed by atoms with Crippen LogP contribution in [-0.2, 0) is 22.2 Å². The zero-order valence-electron chi connectivity index (χ0n) is 27.1. The number of amides is 1. The number of ether oxygens (including phenoxy) is 1. The van der Waals surface area contributed by atoms with Gasteiger partial charge in [-0.25, -0.2) is 17.6 Å². The number of carboxylic acids is 1. The first kappa shape index (κ1) is 35.6. The van der Waals surface area contributed by atoms with Gasteiger partial charge in [-0.2, -0.15) is 13.2 Å². The van der Waals surface area contributed by atoms with Gasteiger partial charge >= 0.3 is 12.1 Å². The standard InChI is InChI=1S/C36H30F7N3O5/c1-17-9-20-10-24(33(17)40)28(13-31(48)49)44-35(50)34(23-11-22(3-4-27(23)39)51-29-6-5-26(38)18(2)32(20)29)46-14-19(7-8-45-15-21(37)16-45)25(12-30(46)47)36(41,42)43/h3-6,9-12,14,21,28,34H,7-8,13,15-16H2,1-2H3,(H,44,50)(H,48,49)/t28-,34+/m0/s1. The van der Waals surface area contributed by atoms with Crippen LogP contribution in [0.5, 0.6) is 11.5 Å². The zero-order chi connectivity index (χ0) is 36.9. The Bertz CT molecular complexity index is 2110. The van der Waals surface area contributed by atoms with Crippen molar-refractivity contribution in [3.05, 3.63) is 116 Å². The molecule has 2 N–H and O–H groups in total. The molecule has 4 bridgehead atoms. The van der Waals surface area contributed by atoms with Gasteiger partial charge < -0.3 is 15.2 Å². The van der Waals surface area contributed by atoms with Crippen molar-refractivity contribution >= 4 is 11.9 Å². The topological polar surface area (TPSA) is 101 Å². The lowest BCUT2D eigenvalue weighted by molar-refractivity contribution is -0.139. The molecule has 8 nitrogen and oxygen atoms in total. The number of carboxylic acid groups (broad SMARTS) is 1. The molecule has 268 valence electrons. The number of halogens is 7. The number of benzene rings is 3. The molecule has 0 saturated carbocycles. The SMILES string of the molecule is Cc1cc2cc(c1F)[C@H](CC(=O)O)NC(=O)[C@H](n1cc(CCN3CC(F)C3)c(C(F)(F)F)cc1=O)c1cc(ccc1F)Oc1ccc(F)c(C)c1-2. The molecule has 4 aromatic rings. The van der Waals surface area contributed by atoms with Gasteiger partial charge in [-0.05, 0) is 85.0 Å². The average Bonchev–Trinajstić information content (AvgIpc) is 3.03. The Kier molecular flexibility index (Phi) is 9.44. The number of pyridine rings is 1. The molecule has 1 fully saturated rings. The maximum atomic E-state index is 15.9. The highest BCUT2D eigenvalue weighted by Gasteiger charge is 2.38. The molecule has 1 amide bonds. The summed E-state index contributed by atoms with van der Waals surface area (Å²) in [4.78, 5) is 41.4. The lowest BCUT2D eigenvalue weighted by atomic mass is 9.92. The highest BCUT2D eigenvalue weighted by Crippen LogP contribution is 2.41. The second-order valence-electron chi connectivity index (χ2n) is 12.7. The van der Waals surface area contributed by atoms with Crippen LogP contribution < -0.4 is 15.6 Å². The van der Waals surface area contributed by atoms with Crippen molar-refractivity contribution in [2.24, 2.45) is 0 Å². The molecule has 0 spiro atoms. The first-order valence-electron chi connectivity index (χ1n) is 15.8. The Balaban J connectivity index is 1.59. The van der Waals surface area contributed by atoms with Crippen LogP contribution in [0.15, 0.2) is 59.5 Å². The molecule has 6 rings (SSSR count). The van der Waals surface area contributed by atoms with Gasteiger partial charge in [0.05, 0.1) is 18.0 Å². The second kappa shape index (κ2) is 13.5. The number of nitrogens with one attached hydrogen (secondary N) is 1. The summed E-state index contributed by atoms with van der Waals surface area (Å²) in [6, 6.07) is 4.62. The summed E-state index contributed by atoms with van der Waals surface area (Å²) in [5.41, 5.74) is -3.61. The van der Waals surface area contributed by atoms with Crippen LogP contribution >= 0.6 is 0 Å². The maximum Gasteiger partial charge on any atom is 0.416 e. The molecule has 0 radical (unpaired) electrons. The lowest BCUT2D eigenvalue weighted by Crippen LogP contribution is -2.49. The first-order valence-corrected chi connectivity index (χ1v) is 15.8. The molecule has 2 aliphatic heterocycles. The van der Waals surface area contributed by atoms with Gasteiger partial charge in [0.15, 0.2) is 0 Å². The molecule has 1 aromatic heterocycles. The van der Waals surface area contributed by atoms with E-state index in [0.29, 0.717) is 4.57 Å². The third-order valence-corrected chi connectivity index (χ3v) is 9.10. The summed E-state index contributed by atoms with van der Waals surface area (Å²) in [6.45, 7) is 2.78. The fraction of sp³-hybridized carbons (Fsp3) is 0.306. The summed E-state index contributed by atoms with van der Waals surface area (Å²) < 4.78 is 109. The van der Waals surface area contributed by atoms with Gasteiger partial charge in [-0.15, -0.1) is 0 Å². The van der Waals surface area contributed by atoms with E-state index in [1.54, 1.807) is 4.90 Å². The van der Waals surface area contributed by atoms with Gasteiger partial charge in [-0.1, -0.05) is 0 Å². The van der Waals surface area contributed by atoms with E-state index < -0.39 is 82.4 Å². The predicted molar refractivity (Wildman–Crippen MR) is 170 cm³/mol. The fourth-order valence-corrected chi connectivity index (χ4v) is 6.53. The van der Waals surface area contributed by atoms with E-state index in [1.165, 1.54) is 38.1 Å². The largest absolute Gasteiger partial charge is 0.481 e. The maximum absolute atomic E-state index is 15.9. The number of fused-ring (bicyclic) bond motifs is 6. The van der Waals surface area contributed by atoms with Crippen LogP contribution in [-0.4, -0.2) is 52.3 Å². The molecule has 0 aliphatic carbocycles. The second-order valence-corrected chi connectivity index (χ2v) is 12.7. The van der Waals surface area contributed by atoms with E-state index in [-0.39, 0.29) is 71.4 Å². The van der Waals surface area contributed by atoms with Crippen LogP contribution in [0.1, 0.15) is 51.9 Å². The normalized spacial score (nSPS) is 18.0. The quantitative estimate of drug-likeness (QED) is 0.213. The molecule has 51 heavy (non-hydrogen) atoms. The summed E-state index contributed by atoms with van der Waals surface area (Å²) in [5, 5.41) is 12.2. The van der Waals surface area contributed by atoms with Crippen LogP contribution in [0.2, 0.25) is 0 Å². The number of aliphatic carboxylic acids is 1. The van der Waals surface area contributed by atoms with Crippen molar-refractivity contribution < 1.29 is 50.2 Å². The van der Waals surface area contributed by atoms with Crippen molar-refractivity contribution in [3.63, 3.8) is 0 Å². The minimum absolute atomic E-state index is 0.00151. The van der Waals surface area contributed by atoms with Crippen molar-refractivity contribution in [2.75, 3.05) is 19.6 Å². The van der Waals surface area contributed by atoms with E-state index in [0.717, 1.165) is 24.4 Å². The molecule has 0 unspecified atom stereocenters. The smallest absolute Gasteiger partial charge is 0.416 e. The van der Waals surface area contributed by atoms with E-state index in [2.05, 4.69) is 5.32 Å². The monoisotopic (exact) mass is 717 g/mol. The molecule has 2 atom stereocenters. The number of rotatable bonds is 6. The summed E-state index contributed by atoms with van der Waals surface area (Å²) in [6.07, 6.45) is -6.61. The van der Waals surface area contributed by atoms with Gasteiger partial charge in [-0.3, -0.25) is 23.9 Å². The molecule has 3 aromatic carbocycles. The first-order chi connectivity index (χ1) is 24.0. The van der Waals surface area contributed by atoms with Crippen molar-refractivity contribution in [3.8, 4) is 22.6 Å². The summed E-state index contributed by atoms with van der Waals surface area (Å²) in [7, 11) is 0. The Morgan fingerprint density at radius 2 is 1.69 bits per heavy atom. The third kappa shape index (κ3) is 7.07. The number of aromatic nitrogens is 1. The molecular formula is C36H30F7N3O5. The van der Waals surface area contributed by atoms with E-state index in [1.807, 2.05) is 0 Å². The number of aryl methyl sites for hydroxylation is 1. The Morgan fingerprint density at radius 3 is 2.35 bits per heavy atom. The zero-order valence-corrected chi connectivity index (χ0v) is 27.1. The number of likely N-dealkylation sites (tertiary alicyclic amines) is 1. The molecule has 1 saturated heterocycles. The molecule has 15 heteroatoms. The Labute approximate surface area is 286 Å². The minimum Gasteiger partial charge on any atom is -0.481 e. The van der Waals surface area contributed by atoms with Gasteiger partial charge in [0, 0.05) is 48.6 Å². The fourth-order valence-electron chi connectivity index (χ4n) is 6.53. The van der Waals surface area contributed by atoms with E-state index in [4.69, 9.17) is 4.74 Å². The van der Waals surface area contributed by atoms with Gasteiger partial charge in [0.25, 0.3) is 5.56 Å².